The van der Waals surface area contributed by atoms with Gasteiger partial charge in [-0.25, -0.2) is 17.6 Å². The smallest absolute Gasteiger partial charge is 0.201 e. The van der Waals surface area contributed by atoms with Crippen LogP contribution in [-0.4, -0.2) is 6.61 Å². The fraction of sp³-hybridized carbons (Fsp3) is 0.333. The third kappa shape index (κ3) is 4.48. The van der Waals surface area contributed by atoms with Crippen molar-refractivity contribution in [3.63, 3.8) is 0 Å². The molecule has 6 heteroatoms. The fourth-order valence-electron chi connectivity index (χ4n) is 4.74. The lowest BCUT2D eigenvalue weighted by molar-refractivity contribution is 0.314. The summed E-state index contributed by atoms with van der Waals surface area (Å²) in [5.41, 5.74) is 1.35. The Hall–Kier alpha value is -2.89. The molecule has 0 amide bonds. The molecular formula is C27H25F5O. The van der Waals surface area contributed by atoms with Crippen LogP contribution in [0.3, 0.4) is 0 Å². The Bertz CT molecular complexity index is 1170. The van der Waals surface area contributed by atoms with Crippen LogP contribution >= 0.6 is 0 Å². The second-order valence-electron chi connectivity index (χ2n) is 8.56. The van der Waals surface area contributed by atoms with E-state index in [2.05, 4.69) is 0 Å². The summed E-state index contributed by atoms with van der Waals surface area (Å²) in [6, 6.07) is 10.3. The van der Waals surface area contributed by atoms with Gasteiger partial charge in [-0.2, -0.15) is 4.39 Å². The first-order valence-electron chi connectivity index (χ1n) is 11.2. The fourth-order valence-corrected chi connectivity index (χ4v) is 4.74. The summed E-state index contributed by atoms with van der Waals surface area (Å²) in [4.78, 5) is 0. The van der Waals surface area contributed by atoms with Gasteiger partial charge >= 0.3 is 0 Å². The molecule has 0 spiro atoms. The minimum Gasteiger partial charge on any atom is -0.491 e. The molecule has 0 radical (unpaired) electrons. The first-order valence-corrected chi connectivity index (χ1v) is 11.2. The maximum atomic E-state index is 15.0. The van der Waals surface area contributed by atoms with E-state index in [1.165, 1.54) is 25.1 Å². The molecule has 0 aromatic heterocycles. The van der Waals surface area contributed by atoms with Crippen LogP contribution in [0, 0.1) is 36.0 Å². The molecule has 1 fully saturated rings. The predicted molar refractivity (Wildman–Crippen MR) is 118 cm³/mol. The lowest BCUT2D eigenvalue weighted by atomic mass is 9.75. The Balaban J connectivity index is 1.51. The molecule has 0 heterocycles. The minimum absolute atomic E-state index is 0.0398. The van der Waals surface area contributed by atoms with Crippen molar-refractivity contribution < 1.29 is 26.7 Å². The highest BCUT2D eigenvalue weighted by molar-refractivity contribution is 5.66. The second kappa shape index (κ2) is 9.54. The van der Waals surface area contributed by atoms with Gasteiger partial charge in [0.1, 0.15) is 5.82 Å². The van der Waals surface area contributed by atoms with Crippen molar-refractivity contribution in [2.75, 3.05) is 6.61 Å². The van der Waals surface area contributed by atoms with Crippen LogP contribution in [-0.2, 0) is 0 Å². The number of hydrogen-bond acceptors (Lipinski definition) is 1. The van der Waals surface area contributed by atoms with Crippen molar-refractivity contribution in [2.24, 2.45) is 0 Å². The zero-order valence-electron chi connectivity index (χ0n) is 18.5. The summed E-state index contributed by atoms with van der Waals surface area (Å²) in [7, 11) is 0. The lowest BCUT2D eigenvalue weighted by Crippen LogP contribution is -2.15. The van der Waals surface area contributed by atoms with Crippen LogP contribution in [0.5, 0.6) is 5.75 Å². The van der Waals surface area contributed by atoms with E-state index in [-0.39, 0.29) is 40.9 Å². The molecule has 0 N–H and O–H groups in total. The Labute approximate surface area is 190 Å². The molecule has 3 aromatic carbocycles. The monoisotopic (exact) mass is 460 g/mol. The number of rotatable bonds is 5. The number of benzene rings is 3. The Morgan fingerprint density at radius 2 is 1.36 bits per heavy atom. The molecule has 33 heavy (non-hydrogen) atoms. The van der Waals surface area contributed by atoms with E-state index in [1.54, 1.807) is 31.2 Å². The zero-order valence-corrected chi connectivity index (χ0v) is 18.5. The van der Waals surface area contributed by atoms with Crippen LogP contribution in [0.25, 0.3) is 11.1 Å². The number of aryl methyl sites for hydroxylation is 1. The van der Waals surface area contributed by atoms with Gasteiger partial charge in [-0.15, -0.1) is 0 Å². The molecule has 1 nitrogen and oxygen atoms in total. The molecular weight excluding hydrogens is 435 g/mol. The highest BCUT2D eigenvalue weighted by Crippen LogP contribution is 2.43. The molecule has 0 saturated heterocycles. The first kappa shape index (κ1) is 23.3. The number of hydrogen-bond donors (Lipinski definition) is 0. The molecule has 0 unspecified atom stereocenters. The van der Waals surface area contributed by atoms with Gasteiger partial charge in [-0.3, -0.25) is 0 Å². The molecule has 1 aliphatic carbocycles. The van der Waals surface area contributed by atoms with E-state index < -0.39 is 29.1 Å². The summed E-state index contributed by atoms with van der Waals surface area (Å²) >= 11 is 0. The molecule has 0 aliphatic heterocycles. The molecule has 174 valence electrons. The first-order chi connectivity index (χ1) is 15.8. The van der Waals surface area contributed by atoms with Crippen LogP contribution < -0.4 is 4.74 Å². The summed E-state index contributed by atoms with van der Waals surface area (Å²) in [5, 5.41) is 0. The van der Waals surface area contributed by atoms with E-state index in [4.69, 9.17) is 4.74 Å². The summed E-state index contributed by atoms with van der Waals surface area (Å²) in [5.74, 6) is -4.64. The highest BCUT2D eigenvalue weighted by Gasteiger charge is 2.28. The van der Waals surface area contributed by atoms with Gasteiger partial charge in [0.25, 0.3) is 0 Å². The van der Waals surface area contributed by atoms with Crippen LogP contribution in [0.4, 0.5) is 22.0 Å². The number of halogens is 5. The van der Waals surface area contributed by atoms with Crippen LogP contribution in [0.15, 0.2) is 42.5 Å². The highest BCUT2D eigenvalue weighted by atomic mass is 19.2. The van der Waals surface area contributed by atoms with E-state index in [0.29, 0.717) is 36.8 Å². The Morgan fingerprint density at radius 3 is 2.00 bits per heavy atom. The number of ether oxygens (including phenoxy) is 1. The Kier molecular flexibility index (Phi) is 6.73. The van der Waals surface area contributed by atoms with E-state index >= 15 is 0 Å². The van der Waals surface area contributed by atoms with Gasteiger partial charge in [0, 0.05) is 5.56 Å². The minimum atomic E-state index is -1.10. The zero-order chi connectivity index (χ0) is 23.7. The third-order valence-electron chi connectivity index (χ3n) is 6.57. The SMILES string of the molecule is CCOc1ccc(-c2ccc(C3CCC(c4ccc(C)c(F)c4F)CC3)c(F)c2)c(F)c1F. The van der Waals surface area contributed by atoms with Crippen molar-refractivity contribution in [1.29, 1.82) is 0 Å². The van der Waals surface area contributed by atoms with Crippen molar-refractivity contribution in [3.05, 3.63) is 88.2 Å². The van der Waals surface area contributed by atoms with Crippen LogP contribution in [0.1, 0.15) is 61.1 Å². The standard InChI is InChI=1S/C27H25F5O/c1-3-33-23-13-12-21(26(31)27(23)32)18-9-11-19(22(28)14-18)16-5-7-17(8-6-16)20-10-4-15(2)24(29)25(20)30/h4,9-14,16-17H,3,5-8H2,1-2H3. The summed E-state index contributed by atoms with van der Waals surface area (Å²) in [6.07, 6.45) is 2.48. The van der Waals surface area contributed by atoms with Gasteiger partial charge in [0.05, 0.1) is 6.61 Å². The van der Waals surface area contributed by atoms with Gasteiger partial charge in [0.2, 0.25) is 5.82 Å². The molecule has 1 aliphatic rings. The summed E-state index contributed by atoms with van der Waals surface area (Å²) < 4.78 is 77.1. The molecule has 3 aromatic rings. The van der Waals surface area contributed by atoms with E-state index in [0.717, 1.165) is 0 Å². The maximum Gasteiger partial charge on any atom is 0.201 e. The second-order valence-corrected chi connectivity index (χ2v) is 8.56. The maximum absolute atomic E-state index is 15.0. The van der Waals surface area contributed by atoms with Gasteiger partial charge < -0.3 is 4.74 Å². The van der Waals surface area contributed by atoms with E-state index in [9.17, 15) is 22.0 Å². The lowest BCUT2D eigenvalue weighted by Gasteiger charge is -2.29. The van der Waals surface area contributed by atoms with Crippen molar-refractivity contribution >= 4 is 0 Å². The molecule has 0 atom stereocenters. The van der Waals surface area contributed by atoms with Crippen molar-refractivity contribution in [2.45, 2.75) is 51.4 Å². The normalized spacial score (nSPS) is 18.4. The topological polar surface area (TPSA) is 9.23 Å². The van der Waals surface area contributed by atoms with Crippen LogP contribution in [0.2, 0.25) is 0 Å². The van der Waals surface area contributed by atoms with Gasteiger partial charge in [-0.1, -0.05) is 24.3 Å². The average molecular weight is 460 g/mol. The van der Waals surface area contributed by atoms with Crippen molar-refractivity contribution in [1.82, 2.24) is 0 Å². The predicted octanol–water partition coefficient (Wildman–Crippen LogP) is 8.20. The quantitative estimate of drug-likeness (QED) is 0.349. The van der Waals surface area contributed by atoms with Gasteiger partial charge in [-0.05, 0) is 91.8 Å². The average Bonchev–Trinajstić information content (AvgIpc) is 2.81. The molecule has 4 rings (SSSR count). The largest absolute Gasteiger partial charge is 0.491 e. The molecule has 0 bridgehead atoms. The third-order valence-corrected chi connectivity index (χ3v) is 6.57. The summed E-state index contributed by atoms with van der Waals surface area (Å²) in [6.45, 7) is 3.40. The molecule has 1 saturated carbocycles. The van der Waals surface area contributed by atoms with Gasteiger partial charge in [0.15, 0.2) is 23.2 Å². The Morgan fingerprint density at radius 1 is 0.727 bits per heavy atom. The van der Waals surface area contributed by atoms with E-state index in [1.807, 2.05) is 0 Å². The van der Waals surface area contributed by atoms with Crippen molar-refractivity contribution in [3.8, 4) is 16.9 Å².